The Morgan fingerprint density at radius 1 is 1.47 bits per heavy atom. The third-order valence-electron chi connectivity index (χ3n) is 2.64. The molecule has 0 fully saturated rings. The molecule has 0 aliphatic carbocycles. The zero-order valence-corrected chi connectivity index (χ0v) is 12.2. The third-order valence-corrected chi connectivity index (χ3v) is 3.90. The molecule has 0 aliphatic heterocycles. The number of sulfonamides is 1. The molecule has 108 valence electrons. The molecule has 0 radical (unpaired) electrons. The van der Waals surface area contributed by atoms with Gasteiger partial charge in [-0.2, -0.15) is 0 Å². The van der Waals surface area contributed by atoms with E-state index in [1.54, 1.807) is 13.8 Å². The number of carbonyl (C=O) groups excluding carboxylic acids is 1. The normalized spacial score (nSPS) is 12.5. The van der Waals surface area contributed by atoms with Crippen molar-refractivity contribution in [1.82, 2.24) is 10.0 Å². The quantitative estimate of drug-likeness (QED) is 0.704. The third kappa shape index (κ3) is 3.55. The molecular formula is C11H19N3O4S. The monoisotopic (exact) mass is 289 g/mol. The topological polar surface area (TPSA) is 114 Å². The zero-order valence-electron chi connectivity index (χ0n) is 11.4. The van der Waals surface area contributed by atoms with Crippen LogP contribution < -0.4 is 15.8 Å². The molecule has 1 aromatic rings. The number of hydrogen-bond acceptors (Lipinski definition) is 5. The second-order valence-electron chi connectivity index (χ2n) is 4.78. The van der Waals surface area contributed by atoms with Crippen LogP contribution in [0.5, 0.6) is 0 Å². The number of nitrogens with one attached hydrogen (secondary N) is 2. The fourth-order valence-electron chi connectivity index (χ4n) is 1.34. The molecule has 4 N–H and O–H groups in total. The van der Waals surface area contributed by atoms with E-state index in [9.17, 15) is 13.2 Å². The van der Waals surface area contributed by atoms with Crippen LogP contribution in [0.1, 0.15) is 30.0 Å². The first-order chi connectivity index (χ1) is 8.63. The first-order valence-electron chi connectivity index (χ1n) is 5.69. The van der Waals surface area contributed by atoms with Gasteiger partial charge in [0.15, 0.2) is 0 Å². The molecule has 0 unspecified atom stereocenters. The Kier molecular flexibility index (Phi) is 4.39. The summed E-state index contributed by atoms with van der Waals surface area (Å²) < 4.78 is 30.4. The Bertz CT molecular complexity index is 575. The van der Waals surface area contributed by atoms with Crippen LogP contribution in [-0.4, -0.2) is 33.5 Å². The van der Waals surface area contributed by atoms with Crippen molar-refractivity contribution in [2.24, 2.45) is 5.73 Å². The van der Waals surface area contributed by atoms with E-state index >= 15 is 0 Å². The van der Waals surface area contributed by atoms with E-state index < -0.39 is 21.5 Å². The minimum atomic E-state index is -3.70. The molecule has 0 aromatic carbocycles. The van der Waals surface area contributed by atoms with Gasteiger partial charge in [0.2, 0.25) is 5.09 Å². The molecule has 1 aromatic heterocycles. The van der Waals surface area contributed by atoms with Crippen LogP contribution in [0.2, 0.25) is 0 Å². The van der Waals surface area contributed by atoms with Crippen molar-refractivity contribution in [2.45, 2.75) is 31.4 Å². The lowest BCUT2D eigenvalue weighted by Crippen LogP contribution is -2.48. The number of rotatable bonds is 5. The maximum Gasteiger partial charge on any atom is 0.273 e. The van der Waals surface area contributed by atoms with Crippen LogP contribution >= 0.6 is 0 Å². The second-order valence-corrected chi connectivity index (χ2v) is 6.60. The largest absolute Gasteiger partial charge is 0.448 e. The van der Waals surface area contributed by atoms with Gasteiger partial charge >= 0.3 is 0 Å². The van der Waals surface area contributed by atoms with Gasteiger partial charge in [-0.3, -0.25) is 4.79 Å². The fraction of sp³-hybridized carbons (Fsp3) is 0.545. The van der Waals surface area contributed by atoms with Crippen molar-refractivity contribution < 1.29 is 17.6 Å². The second kappa shape index (κ2) is 5.32. The highest BCUT2D eigenvalue weighted by Gasteiger charge is 2.25. The van der Waals surface area contributed by atoms with Crippen molar-refractivity contribution in [3.63, 3.8) is 0 Å². The highest BCUT2D eigenvalue weighted by molar-refractivity contribution is 7.89. The van der Waals surface area contributed by atoms with E-state index in [2.05, 4.69) is 10.0 Å². The van der Waals surface area contributed by atoms with Crippen LogP contribution in [0.3, 0.4) is 0 Å². The van der Waals surface area contributed by atoms with Crippen LogP contribution in [0.15, 0.2) is 15.6 Å². The van der Waals surface area contributed by atoms with Crippen molar-refractivity contribution in [3.05, 3.63) is 17.4 Å². The Morgan fingerprint density at radius 2 is 2.05 bits per heavy atom. The molecule has 1 rings (SSSR count). The molecule has 1 heterocycles. The van der Waals surface area contributed by atoms with Crippen LogP contribution in [-0.2, 0) is 10.0 Å². The van der Waals surface area contributed by atoms with Crippen LogP contribution in [0.4, 0.5) is 0 Å². The number of nitrogens with two attached hydrogens (primary N) is 1. The minimum absolute atomic E-state index is 0.176. The zero-order chi connectivity index (χ0) is 14.8. The Morgan fingerprint density at radius 3 is 2.53 bits per heavy atom. The van der Waals surface area contributed by atoms with Gasteiger partial charge in [0.25, 0.3) is 15.9 Å². The van der Waals surface area contributed by atoms with Gasteiger partial charge in [0.1, 0.15) is 5.76 Å². The molecule has 0 atom stereocenters. The van der Waals surface area contributed by atoms with Gasteiger partial charge < -0.3 is 15.5 Å². The van der Waals surface area contributed by atoms with Gasteiger partial charge in [0, 0.05) is 18.2 Å². The molecule has 7 nitrogen and oxygen atoms in total. The highest BCUT2D eigenvalue weighted by Crippen LogP contribution is 2.19. The summed E-state index contributed by atoms with van der Waals surface area (Å²) in [6, 6.07) is 1.20. The van der Waals surface area contributed by atoms with Gasteiger partial charge in [-0.25, -0.2) is 13.1 Å². The van der Waals surface area contributed by atoms with Gasteiger partial charge in [-0.05, 0) is 27.8 Å². The van der Waals surface area contributed by atoms with Gasteiger partial charge in [-0.1, -0.05) is 0 Å². The maximum absolute atomic E-state index is 12.0. The van der Waals surface area contributed by atoms with E-state index in [0.717, 1.165) is 0 Å². The molecule has 19 heavy (non-hydrogen) atoms. The van der Waals surface area contributed by atoms with Crippen molar-refractivity contribution in [1.29, 1.82) is 0 Å². The predicted molar refractivity (Wildman–Crippen MR) is 70.3 cm³/mol. The molecule has 0 aliphatic rings. The standard InChI is InChI=1S/C11H19N3O4S/c1-7-8(10(15)14-11(2,3)6-12)5-9(18-7)19(16,17)13-4/h5,13H,6,12H2,1-4H3,(H,14,15). The first kappa shape index (κ1) is 15.7. The van der Waals surface area contributed by atoms with Crippen molar-refractivity contribution in [2.75, 3.05) is 13.6 Å². The molecule has 0 bridgehead atoms. The number of aryl methyl sites for hydroxylation is 1. The number of hydrogen-bond donors (Lipinski definition) is 3. The lowest BCUT2D eigenvalue weighted by atomic mass is 10.1. The van der Waals surface area contributed by atoms with Crippen LogP contribution in [0.25, 0.3) is 0 Å². The number of furan rings is 1. The van der Waals surface area contributed by atoms with Crippen molar-refractivity contribution in [3.8, 4) is 0 Å². The fourth-order valence-corrected chi connectivity index (χ4v) is 2.05. The molecule has 1 amide bonds. The summed E-state index contributed by atoms with van der Waals surface area (Å²) in [5.41, 5.74) is 5.12. The smallest absolute Gasteiger partial charge is 0.273 e. The number of amides is 1. The molecule has 8 heteroatoms. The summed E-state index contributed by atoms with van der Waals surface area (Å²) >= 11 is 0. The maximum atomic E-state index is 12.0. The van der Waals surface area contributed by atoms with E-state index in [0.29, 0.717) is 0 Å². The molecular weight excluding hydrogens is 270 g/mol. The summed E-state index contributed by atoms with van der Waals surface area (Å²) in [5, 5.41) is 2.42. The summed E-state index contributed by atoms with van der Waals surface area (Å²) in [5.74, 6) is -0.187. The van der Waals surface area contributed by atoms with E-state index in [1.165, 1.54) is 20.0 Å². The lowest BCUT2D eigenvalue weighted by Gasteiger charge is -2.23. The van der Waals surface area contributed by atoms with Gasteiger partial charge in [-0.15, -0.1) is 0 Å². The Labute approximate surface area is 112 Å². The lowest BCUT2D eigenvalue weighted by molar-refractivity contribution is 0.0914. The van der Waals surface area contributed by atoms with E-state index in [-0.39, 0.29) is 23.0 Å². The first-order valence-corrected chi connectivity index (χ1v) is 7.18. The number of carbonyl (C=O) groups is 1. The minimum Gasteiger partial charge on any atom is -0.448 e. The molecule has 0 saturated carbocycles. The van der Waals surface area contributed by atoms with E-state index in [4.69, 9.17) is 10.2 Å². The molecule has 0 spiro atoms. The SMILES string of the molecule is CNS(=O)(=O)c1cc(C(=O)NC(C)(C)CN)c(C)o1. The summed E-state index contributed by atoms with van der Waals surface area (Å²) in [6.07, 6.45) is 0. The van der Waals surface area contributed by atoms with Crippen molar-refractivity contribution >= 4 is 15.9 Å². The average Bonchev–Trinajstić information content (AvgIpc) is 2.71. The van der Waals surface area contributed by atoms with Crippen LogP contribution in [0, 0.1) is 6.92 Å². The summed E-state index contributed by atoms with van der Waals surface area (Å²) in [4.78, 5) is 12.0. The Balaban J connectivity index is 3.07. The Hall–Kier alpha value is -1.38. The van der Waals surface area contributed by atoms with E-state index in [1.807, 2.05) is 0 Å². The molecule has 0 saturated heterocycles. The summed E-state index contributed by atoms with van der Waals surface area (Å²) in [7, 11) is -2.44. The summed E-state index contributed by atoms with van der Waals surface area (Å²) in [6.45, 7) is 5.33. The average molecular weight is 289 g/mol. The van der Waals surface area contributed by atoms with Gasteiger partial charge in [0.05, 0.1) is 5.56 Å². The highest BCUT2D eigenvalue weighted by atomic mass is 32.2. The predicted octanol–water partition coefficient (Wildman–Crippen LogP) is -0.0368.